The quantitative estimate of drug-likeness (QED) is 0.818. The SMILES string of the molecule is CCNC(C#N)c1cc(C)c(C)cc1C. The van der Waals surface area contributed by atoms with E-state index in [2.05, 4.69) is 44.3 Å². The topological polar surface area (TPSA) is 35.8 Å². The van der Waals surface area contributed by atoms with Gasteiger partial charge < -0.3 is 0 Å². The third-order valence-corrected chi connectivity index (χ3v) is 2.73. The van der Waals surface area contributed by atoms with Crippen LogP contribution >= 0.6 is 0 Å². The van der Waals surface area contributed by atoms with E-state index in [1.165, 1.54) is 16.7 Å². The minimum atomic E-state index is -0.186. The molecule has 1 unspecified atom stereocenters. The second-order valence-electron chi connectivity index (χ2n) is 3.91. The van der Waals surface area contributed by atoms with Crippen LogP contribution in [0, 0.1) is 32.1 Å². The first kappa shape index (κ1) is 11.7. The summed E-state index contributed by atoms with van der Waals surface area (Å²) in [5.74, 6) is 0. The van der Waals surface area contributed by atoms with Crippen molar-refractivity contribution in [2.45, 2.75) is 33.7 Å². The Morgan fingerprint density at radius 3 is 2.33 bits per heavy atom. The average Bonchev–Trinajstić information content (AvgIpc) is 2.20. The van der Waals surface area contributed by atoms with Crippen LogP contribution < -0.4 is 5.32 Å². The third kappa shape index (κ3) is 2.57. The predicted molar refractivity (Wildman–Crippen MR) is 62.7 cm³/mol. The van der Waals surface area contributed by atoms with Gasteiger partial charge in [-0.3, -0.25) is 5.32 Å². The molecule has 0 bridgehead atoms. The number of hydrogen-bond acceptors (Lipinski definition) is 2. The minimum absolute atomic E-state index is 0.186. The minimum Gasteiger partial charge on any atom is -0.298 e. The van der Waals surface area contributed by atoms with Crippen molar-refractivity contribution in [3.05, 3.63) is 34.4 Å². The van der Waals surface area contributed by atoms with Crippen molar-refractivity contribution in [1.29, 1.82) is 5.26 Å². The van der Waals surface area contributed by atoms with Crippen LogP contribution in [0.25, 0.3) is 0 Å². The maximum absolute atomic E-state index is 9.08. The molecule has 0 spiro atoms. The molecule has 0 aliphatic carbocycles. The van der Waals surface area contributed by atoms with Gasteiger partial charge in [-0.25, -0.2) is 0 Å². The fourth-order valence-electron chi connectivity index (χ4n) is 1.72. The summed E-state index contributed by atoms with van der Waals surface area (Å²) in [6.07, 6.45) is 0. The molecule has 80 valence electrons. The molecule has 0 heterocycles. The fraction of sp³-hybridized carbons (Fsp3) is 0.462. The highest BCUT2D eigenvalue weighted by atomic mass is 14.9. The summed E-state index contributed by atoms with van der Waals surface area (Å²) in [6, 6.07) is 6.37. The standard InChI is InChI=1S/C13H18N2/c1-5-15-13(8-14)12-7-10(3)9(2)6-11(12)4/h6-7,13,15H,5H2,1-4H3. The van der Waals surface area contributed by atoms with Gasteiger partial charge >= 0.3 is 0 Å². The molecule has 0 saturated heterocycles. The van der Waals surface area contributed by atoms with Crippen LogP contribution in [0.15, 0.2) is 12.1 Å². The van der Waals surface area contributed by atoms with Crippen LogP contribution in [0.2, 0.25) is 0 Å². The summed E-state index contributed by atoms with van der Waals surface area (Å²) in [7, 11) is 0. The Labute approximate surface area is 91.9 Å². The van der Waals surface area contributed by atoms with Crippen LogP contribution in [0.3, 0.4) is 0 Å². The van der Waals surface area contributed by atoms with Gasteiger partial charge in [0.15, 0.2) is 0 Å². The normalized spacial score (nSPS) is 12.2. The van der Waals surface area contributed by atoms with Gasteiger partial charge in [0.2, 0.25) is 0 Å². The largest absolute Gasteiger partial charge is 0.298 e. The molecule has 15 heavy (non-hydrogen) atoms. The van der Waals surface area contributed by atoms with E-state index in [-0.39, 0.29) is 6.04 Å². The lowest BCUT2D eigenvalue weighted by Gasteiger charge is -2.15. The Morgan fingerprint density at radius 2 is 1.80 bits per heavy atom. The fourth-order valence-corrected chi connectivity index (χ4v) is 1.72. The molecule has 0 aliphatic heterocycles. The lowest BCUT2D eigenvalue weighted by Crippen LogP contribution is -2.20. The first-order valence-corrected chi connectivity index (χ1v) is 5.30. The third-order valence-electron chi connectivity index (χ3n) is 2.73. The summed E-state index contributed by atoms with van der Waals surface area (Å²) in [6.45, 7) is 9.06. The number of aryl methyl sites for hydroxylation is 3. The van der Waals surface area contributed by atoms with Crippen LogP contribution in [-0.4, -0.2) is 6.54 Å². The maximum Gasteiger partial charge on any atom is 0.121 e. The van der Waals surface area contributed by atoms with Crippen LogP contribution in [-0.2, 0) is 0 Å². The molecule has 1 atom stereocenters. The van der Waals surface area contributed by atoms with Crippen LogP contribution in [0.4, 0.5) is 0 Å². The molecule has 0 aliphatic rings. The first-order chi connectivity index (χ1) is 7.10. The predicted octanol–water partition coefficient (Wildman–Crippen LogP) is 2.79. The van der Waals surface area contributed by atoms with E-state index in [9.17, 15) is 0 Å². The number of nitriles is 1. The molecule has 0 amide bonds. The van der Waals surface area contributed by atoms with Gasteiger partial charge in [0.25, 0.3) is 0 Å². The number of nitrogens with one attached hydrogen (secondary N) is 1. The van der Waals surface area contributed by atoms with Gasteiger partial charge in [0.1, 0.15) is 6.04 Å². The van der Waals surface area contributed by atoms with Crippen molar-refractivity contribution in [3.63, 3.8) is 0 Å². The van der Waals surface area contributed by atoms with Gasteiger partial charge in [-0.15, -0.1) is 0 Å². The van der Waals surface area contributed by atoms with Crippen molar-refractivity contribution < 1.29 is 0 Å². The Balaban J connectivity index is 3.13. The number of benzene rings is 1. The van der Waals surface area contributed by atoms with E-state index in [1.54, 1.807) is 0 Å². The molecular weight excluding hydrogens is 184 g/mol. The molecule has 1 aromatic carbocycles. The molecule has 0 saturated carbocycles. The zero-order valence-corrected chi connectivity index (χ0v) is 9.89. The highest BCUT2D eigenvalue weighted by molar-refractivity contribution is 5.40. The first-order valence-electron chi connectivity index (χ1n) is 5.30. The van der Waals surface area contributed by atoms with Crippen molar-refractivity contribution in [2.24, 2.45) is 0 Å². The second-order valence-corrected chi connectivity index (χ2v) is 3.91. The Hall–Kier alpha value is -1.33. The summed E-state index contributed by atoms with van der Waals surface area (Å²) < 4.78 is 0. The number of nitrogens with zero attached hydrogens (tertiary/aromatic N) is 1. The van der Waals surface area contributed by atoms with Crippen LogP contribution in [0.1, 0.15) is 35.2 Å². The Morgan fingerprint density at radius 1 is 1.20 bits per heavy atom. The summed E-state index contributed by atoms with van der Waals surface area (Å²) in [5.41, 5.74) is 4.81. The van der Waals surface area contributed by atoms with Crippen molar-refractivity contribution >= 4 is 0 Å². The second kappa shape index (κ2) is 4.95. The monoisotopic (exact) mass is 202 g/mol. The molecule has 1 aromatic rings. The zero-order chi connectivity index (χ0) is 11.4. The van der Waals surface area contributed by atoms with Crippen molar-refractivity contribution in [3.8, 4) is 6.07 Å². The lowest BCUT2D eigenvalue weighted by molar-refractivity contribution is 0.654. The van der Waals surface area contributed by atoms with Gasteiger partial charge in [0.05, 0.1) is 6.07 Å². The molecular formula is C13H18N2. The lowest BCUT2D eigenvalue weighted by atomic mass is 9.96. The summed E-state index contributed by atoms with van der Waals surface area (Å²) in [4.78, 5) is 0. The van der Waals surface area contributed by atoms with E-state index < -0.39 is 0 Å². The molecule has 0 aromatic heterocycles. The molecule has 1 N–H and O–H groups in total. The highest BCUT2D eigenvalue weighted by Gasteiger charge is 2.12. The Bertz CT molecular complexity index is 388. The molecule has 0 radical (unpaired) electrons. The molecule has 0 fully saturated rings. The van der Waals surface area contributed by atoms with Gasteiger partial charge in [0, 0.05) is 0 Å². The summed E-state index contributed by atoms with van der Waals surface area (Å²) >= 11 is 0. The van der Waals surface area contributed by atoms with Crippen LogP contribution in [0.5, 0.6) is 0 Å². The Kier molecular flexibility index (Phi) is 3.88. The van der Waals surface area contributed by atoms with E-state index in [1.807, 2.05) is 6.92 Å². The van der Waals surface area contributed by atoms with E-state index in [4.69, 9.17) is 5.26 Å². The molecule has 1 rings (SSSR count). The van der Waals surface area contributed by atoms with Crippen molar-refractivity contribution in [2.75, 3.05) is 6.54 Å². The van der Waals surface area contributed by atoms with Crippen molar-refractivity contribution in [1.82, 2.24) is 5.32 Å². The average molecular weight is 202 g/mol. The highest BCUT2D eigenvalue weighted by Crippen LogP contribution is 2.21. The molecule has 2 nitrogen and oxygen atoms in total. The van der Waals surface area contributed by atoms with E-state index in [0.29, 0.717) is 0 Å². The van der Waals surface area contributed by atoms with Gasteiger partial charge in [-0.2, -0.15) is 5.26 Å². The molecule has 2 heteroatoms. The van der Waals surface area contributed by atoms with E-state index in [0.717, 1.165) is 12.1 Å². The summed E-state index contributed by atoms with van der Waals surface area (Å²) in [5, 5.41) is 12.3. The smallest absolute Gasteiger partial charge is 0.121 e. The number of hydrogen-bond donors (Lipinski definition) is 1. The van der Waals surface area contributed by atoms with E-state index >= 15 is 0 Å². The zero-order valence-electron chi connectivity index (χ0n) is 9.89. The number of rotatable bonds is 3. The van der Waals surface area contributed by atoms with Gasteiger partial charge in [-0.05, 0) is 49.6 Å². The maximum atomic E-state index is 9.08. The van der Waals surface area contributed by atoms with Gasteiger partial charge in [-0.1, -0.05) is 19.1 Å².